The Morgan fingerprint density at radius 2 is 0.782 bits per heavy atom. The second-order valence-electron chi connectivity index (χ2n) is 14.1. The molecular formula is C52H37NSSi. The van der Waals surface area contributed by atoms with Gasteiger partial charge in [-0.1, -0.05) is 188 Å². The van der Waals surface area contributed by atoms with Crippen LogP contribution in [-0.2, 0) is 0 Å². The Morgan fingerprint density at radius 1 is 0.327 bits per heavy atom. The first-order chi connectivity index (χ1) is 27.3. The fourth-order valence-electron chi connectivity index (χ4n) is 8.44. The molecule has 260 valence electrons. The fourth-order valence-corrected chi connectivity index (χ4v) is 14.5. The van der Waals surface area contributed by atoms with Gasteiger partial charge in [0.15, 0.2) is 8.07 Å². The molecule has 10 aromatic rings. The lowest BCUT2D eigenvalue weighted by molar-refractivity contribution is 1.29. The highest BCUT2D eigenvalue weighted by Gasteiger charge is 2.41. The van der Waals surface area contributed by atoms with Gasteiger partial charge in [0.25, 0.3) is 0 Å². The number of nitrogens with zero attached hydrogens (tertiary/aromatic N) is 1. The van der Waals surface area contributed by atoms with Crippen LogP contribution in [0.4, 0.5) is 17.1 Å². The molecule has 1 heterocycles. The number of anilines is 3. The van der Waals surface area contributed by atoms with E-state index in [1.807, 2.05) is 11.3 Å². The third-order valence-electron chi connectivity index (χ3n) is 11.0. The van der Waals surface area contributed by atoms with E-state index in [0.717, 1.165) is 17.1 Å². The molecule has 1 nitrogen and oxygen atoms in total. The normalized spacial score (nSPS) is 11.6. The lowest BCUT2D eigenvalue weighted by Gasteiger charge is -2.35. The molecule has 0 aliphatic carbocycles. The zero-order chi connectivity index (χ0) is 36.6. The minimum Gasteiger partial charge on any atom is -0.310 e. The van der Waals surface area contributed by atoms with Crippen LogP contribution >= 0.6 is 11.3 Å². The Balaban J connectivity index is 1.15. The molecule has 0 aliphatic rings. The molecule has 0 N–H and O–H groups in total. The molecule has 0 saturated heterocycles. The highest BCUT2D eigenvalue weighted by molar-refractivity contribution is 7.26. The van der Waals surface area contributed by atoms with Gasteiger partial charge in [0, 0.05) is 37.2 Å². The number of thiophene rings is 1. The standard InChI is InChI=1S/C52H37NSSi/c1-5-15-38(16-6-1)39-25-28-41(29-26-39)53(43-32-36-49-50-35-27-40-17-13-14-24-48(40)52(50)54-51(49)37-43)42-30-33-47(34-31-42)55(44-18-7-2-8-19-44,45-20-9-3-10-21-45)46-22-11-4-12-23-46/h1-37H. The summed E-state index contributed by atoms with van der Waals surface area (Å²) in [5.74, 6) is 0. The van der Waals surface area contributed by atoms with Crippen molar-refractivity contribution in [3.05, 3.63) is 224 Å². The smallest absolute Gasteiger partial charge is 0.179 e. The van der Waals surface area contributed by atoms with E-state index >= 15 is 0 Å². The minimum atomic E-state index is -2.66. The van der Waals surface area contributed by atoms with Gasteiger partial charge in [0.2, 0.25) is 0 Å². The number of benzene rings is 9. The Hall–Kier alpha value is -6.52. The lowest BCUT2D eigenvalue weighted by Crippen LogP contribution is -2.74. The van der Waals surface area contributed by atoms with Crippen LogP contribution in [0.15, 0.2) is 224 Å². The third-order valence-corrected chi connectivity index (χ3v) is 17.0. The summed E-state index contributed by atoms with van der Waals surface area (Å²) in [7, 11) is -2.66. The van der Waals surface area contributed by atoms with E-state index in [1.54, 1.807) is 0 Å². The first-order valence-corrected chi connectivity index (χ1v) is 21.7. The molecular weight excluding hydrogens is 699 g/mol. The molecule has 0 bridgehead atoms. The maximum atomic E-state index is 2.41. The van der Waals surface area contributed by atoms with Gasteiger partial charge in [0.1, 0.15) is 0 Å². The van der Waals surface area contributed by atoms with Crippen molar-refractivity contribution >= 4 is 88.2 Å². The third kappa shape index (κ3) is 5.77. The molecule has 0 unspecified atom stereocenters. The van der Waals surface area contributed by atoms with Gasteiger partial charge in [-0.05, 0) is 79.0 Å². The highest BCUT2D eigenvalue weighted by atomic mass is 32.1. The van der Waals surface area contributed by atoms with Crippen LogP contribution in [0.3, 0.4) is 0 Å². The molecule has 1 aromatic heterocycles. The van der Waals surface area contributed by atoms with Crippen LogP contribution < -0.4 is 25.6 Å². The van der Waals surface area contributed by atoms with Gasteiger partial charge < -0.3 is 4.90 Å². The van der Waals surface area contributed by atoms with Crippen LogP contribution in [0, 0.1) is 0 Å². The Kier molecular flexibility index (Phi) is 8.44. The summed E-state index contributed by atoms with van der Waals surface area (Å²) in [6.45, 7) is 0. The van der Waals surface area contributed by atoms with Crippen LogP contribution in [0.1, 0.15) is 0 Å². The molecule has 0 atom stereocenters. The lowest BCUT2D eigenvalue weighted by atomic mass is 10.0. The van der Waals surface area contributed by atoms with Gasteiger partial charge in [-0.3, -0.25) is 0 Å². The minimum absolute atomic E-state index is 1.12. The molecule has 0 radical (unpaired) electrons. The van der Waals surface area contributed by atoms with Gasteiger partial charge >= 0.3 is 0 Å². The predicted molar refractivity (Wildman–Crippen MR) is 241 cm³/mol. The highest BCUT2D eigenvalue weighted by Crippen LogP contribution is 2.42. The van der Waals surface area contributed by atoms with Crippen molar-refractivity contribution in [2.45, 2.75) is 0 Å². The molecule has 0 aliphatic heterocycles. The van der Waals surface area contributed by atoms with Crippen LogP contribution in [0.25, 0.3) is 42.1 Å². The second-order valence-corrected chi connectivity index (χ2v) is 19.0. The molecule has 0 spiro atoms. The van der Waals surface area contributed by atoms with Gasteiger partial charge in [0.05, 0.1) is 0 Å². The van der Waals surface area contributed by atoms with E-state index in [0.29, 0.717) is 0 Å². The molecule has 0 amide bonds. The number of rotatable bonds is 8. The first kappa shape index (κ1) is 33.1. The maximum Gasteiger partial charge on any atom is 0.179 e. The van der Waals surface area contributed by atoms with Crippen molar-refractivity contribution in [2.24, 2.45) is 0 Å². The van der Waals surface area contributed by atoms with Gasteiger partial charge in [-0.15, -0.1) is 11.3 Å². The predicted octanol–water partition coefficient (Wildman–Crippen LogP) is 11.7. The summed E-state index contributed by atoms with van der Waals surface area (Å²) in [6.07, 6.45) is 0. The molecule has 10 rings (SSSR count). The van der Waals surface area contributed by atoms with Crippen molar-refractivity contribution in [1.29, 1.82) is 0 Å². The van der Waals surface area contributed by atoms with Crippen LogP contribution in [-0.4, -0.2) is 8.07 Å². The summed E-state index contributed by atoms with van der Waals surface area (Å²) < 4.78 is 2.63. The Bertz CT molecular complexity index is 2790. The van der Waals surface area contributed by atoms with Gasteiger partial charge in [-0.2, -0.15) is 0 Å². The second kappa shape index (κ2) is 14.0. The van der Waals surface area contributed by atoms with Crippen molar-refractivity contribution < 1.29 is 0 Å². The fraction of sp³-hybridized carbons (Fsp3) is 0. The molecule has 3 heteroatoms. The zero-order valence-electron chi connectivity index (χ0n) is 30.2. The average molecular weight is 736 g/mol. The summed E-state index contributed by atoms with van der Waals surface area (Å²) in [6, 6.07) is 82.8. The van der Waals surface area contributed by atoms with E-state index in [2.05, 4.69) is 229 Å². The molecule has 9 aromatic carbocycles. The molecule has 0 saturated carbocycles. The van der Waals surface area contributed by atoms with E-state index in [4.69, 9.17) is 0 Å². The monoisotopic (exact) mass is 735 g/mol. The van der Waals surface area contributed by atoms with Crippen LogP contribution in [0.2, 0.25) is 0 Å². The summed E-state index contributed by atoms with van der Waals surface area (Å²) >= 11 is 1.89. The number of fused-ring (bicyclic) bond motifs is 5. The number of hydrogen-bond donors (Lipinski definition) is 0. The Labute approximate surface area is 327 Å². The number of hydrogen-bond acceptors (Lipinski definition) is 2. The van der Waals surface area contributed by atoms with Crippen molar-refractivity contribution in [2.75, 3.05) is 4.90 Å². The summed E-state index contributed by atoms with van der Waals surface area (Å²) in [4.78, 5) is 2.41. The topological polar surface area (TPSA) is 3.24 Å². The Morgan fingerprint density at radius 3 is 1.38 bits per heavy atom. The SMILES string of the molecule is c1ccc(-c2ccc(N(c3ccc([Si](c4ccccc4)(c4ccccc4)c4ccccc4)cc3)c3ccc4c(c3)sc3c5ccccc5ccc43)cc2)cc1. The molecule has 55 heavy (non-hydrogen) atoms. The maximum absolute atomic E-state index is 2.66. The van der Waals surface area contributed by atoms with E-state index < -0.39 is 8.07 Å². The quantitative estimate of drug-likeness (QED) is 0.111. The molecule has 0 fully saturated rings. The zero-order valence-corrected chi connectivity index (χ0v) is 32.0. The van der Waals surface area contributed by atoms with Crippen molar-refractivity contribution in [3.63, 3.8) is 0 Å². The van der Waals surface area contributed by atoms with E-state index in [9.17, 15) is 0 Å². The van der Waals surface area contributed by atoms with Crippen LogP contribution in [0.5, 0.6) is 0 Å². The van der Waals surface area contributed by atoms with Gasteiger partial charge in [-0.25, -0.2) is 0 Å². The average Bonchev–Trinajstić information content (AvgIpc) is 3.65. The van der Waals surface area contributed by atoms with Crippen molar-refractivity contribution in [3.8, 4) is 11.1 Å². The van der Waals surface area contributed by atoms with Crippen molar-refractivity contribution in [1.82, 2.24) is 0 Å². The van der Waals surface area contributed by atoms with E-state index in [1.165, 1.54) is 62.8 Å². The van der Waals surface area contributed by atoms with E-state index in [-0.39, 0.29) is 0 Å². The first-order valence-electron chi connectivity index (χ1n) is 18.8. The summed E-state index contributed by atoms with van der Waals surface area (Å²) in [5.41, 5.74) is 5.81. The largest absolute Gasteiger partial charge is 0.310 e. The summed E-state index contributed by atoms with van der Waals surface area (Å²) in [5, 5.41) is 10.7.